The van der Waals surface area contributed by atoms with Crippen LogP contribution in [0.5, 0.6) is 5.88 Å². The van der Waals surface area contributed by atoms with Crippen molar-refractivity contribution in [3.05, 3.63) is 48.2 Å². The van der Waals surface area contributed by atoms with Gasteiger partial charge in [-0.25, -0.2) is 14.6 Å². The molecule has 0 saturated heterocycles. The Morgan fingerprint density at radius 3 is 2.48 bits per heavy atom. The van der Waals surface area contributed by atoms with E-state index in [1.54, 1.807) is 39.8 Å². The Kier molecular flexibility index (Phi) is 6.76. The van der Waals surface area contributed by atoms with E-state index in [1.165, 1.54) is 6.20 Å². The molecule has 7 nitrogen and oxygen atoms in total. The zero-order valence-electron chi connectivity index (χ0n) is 15.9. The fraction of sp³-hybridized carbons (Fsp3) is 0.350. The summed E-state index contributed by atoms with van der Waals surface area (Å²) in [4.78, 5) is 27.7. The number of amides is 1. The summed E-state index contributed by atoms with van der Waals surface area (Å²) < 4.78 is 15.3. The fourth-order valence-electron chi connectivity index (χ4n) is 2.32. The van der Waals surface area contributed by atoms with Crippen molar-refractivity contribution >= 4 is 12.2 Å². The second-order valence-electron chi connectivity index (χ2n) is 6.65. The van der Waals surface area contributed by atoms with Gasteiger partial charge in [0.05, 0.1) is 6.61 Å². The molecule has 1 heterocycles. The summed E-state index contributed by atoms with van der Waals surface area (Å²) in [7, 11) is 0. The third-order valence-electron chi connectivity index (χ3n) is 3.34. The minimum absolute atomic E-state index is 0.140. The zero-order chi connectivity index (χ0) is 19.9. The molecule has 0 aliphatic rings. The van der Waals surface area contributed by atoms with Crippen LogP contribution in [0.1, 0.15) is 33.3 Å². The standard InChI is InChI=1S/C20H24N2O5/c1-5-25-19(24)26-17-16(11-8-12-21-17)15-10-7-6-9-14(15)13-22-18(23)27-20(2,3)4/h6-12H,5,13H2,1-4H3,(H,22,23). The maximum atomic E-state index is 11.9. The highest BCUT2D eigenvalue weighted by Gasteiger charge is 2.18. The largest absolute Gasteiger partial charge is 0.515 e. The summed E-state index contributed by atoms with van der Waals surface area (Å²) in [5, 5.41) is 2.73. The minimum atomic E-state index is -0.818. The average Bonchev–Trinajstić information content (AvgIpc) is 2.59. The highest BCUT2D eigenvalue weighted by atomic mass is 16.7. The van der Waals surface area contributed by atoms with Crippen LogP contribution in [0, 0.1) is 0 Å². The molecule has 2 aromatic rings. The third kappa shape index (κ3) is 6.29. The van der Waals surface area contributed by atoms with Gasteiger partial charge in [-0.2, -0.15) is 0 Å². The van der Waals surface area contributed by atoms with E-state index in [0.717, 1.165) is 11.1 Å². The van der Waals surface area contributed by atoms with Crippen LogP contribution in [0.4, 0.5) is 9.59 Å². The molecule has 0 fully saturated rings. The Hall–Kier alpha value is -3.09. The number of carbonyl (C=O) groups is 2. The van der Waals surface area contributed by atoms with Gasteiger partial charge in [0.1, 0.15) is 5.60 Å². The van der Waals surface area contributed by atoms with E-state index in [-0.39, 0.29) is 19.0 Å². The first-order valence-corrected chi connectivity index (χ1v) is 8.65. The molecule has 0 radical (unpaired) electrons. The number of nitrogens with zero attached hydrogens (tertiary/aromatic N) is 1. The molecule has 0 aliphatic carbocycles. The number of rotatable bonds is 5. The Balaban J connectivity index is 2.23. The van der Waals surface area contributed by atoms with Crippen LogP contribution in [0.2, 0.25) is 0 Å². The summed E-state index contributed by atoms with van der Waals surface area (Å²) in [6.07, 6.45) is 0.202. The molecule has 0 saturated carbocycles. The second kappa shape index (κ2) is 9.02. The smallest absolute Gasteiger partial charge is 0.444 e. The number of alkyl carbamates (subject to hydrolysis) is 1. The van der Waals surface area contributed by atoms with Crippen LogP contribution in [-0.2, 0) is 16.0 Å². The molecular formula is C20H24N2O5. The molecule has 144 valence electrons. The molecule has 0 unspecified atom stereocenters. The maximum Gasteiger partial charge on any atom is 0.515 e. The number of ether oxygens (including phenoxy) is 3. The lowest BCUT2D eigenvalue weighted by Crippen LogP contribution is -2.32. The van der Waals surface area contributed by atoms with Crippen molar-refractivity contribution in [2.75, 3.05) is 6.61 Å². The van der Waals surface area contributed by atoms with E-state index >= 15 is 0 Å². The minimum Gasteiger partial charge on any atom is -0.444 e. The van der Waals surface area contributed by atoms with Gasteiger partial charge in [-0.15, -0.1) is 0 Å². The number of hydrogen-bond donors (Lipinski definition) is 1. The van der Waals surface area contributed by atoms with E-state index in [0.29, 0.717) is 5.56 Å². The predicted molar refractivity (Wildman–Crippen MR) is 100 cm³/mol. The van der Waals surface area contributed by atoms with Crippen LogP contribution in [0.25, 0.3) is 11.1 Å². The summed E-state index contributed by atoms with van der Waals surface area (Å²) >= 11 is 0. The molecular weight excluding hydrogens is 348 g/mol. The second-order valence-corrected chi connectivity index (χ2v) is 6.65. The topological polar surface area (TPSA) is 86.8 Å². The molecule has 0 spiro atoms. The van der Waals surface area contributed by atoms with Gasteiger partial charge in [0.15, 0.2) is 0 Å². The first kappa shape index (κ1) is 20.2. The van der Waals surface area contributed by atoms with Gasteiger partial charge in [-0.1, -0.05) is 24.3 Å². The van der Waals surface area contributed by atoms with E-state index in [9.17, 15) is 9.59 Å². The zero-order valence-corrected chi connectivity index (χ0v) is 15.9. The molecule has 1 aromatic heterocycles. The molecule has 1 N–H and O–H groups in total. The summed E-state index contributed by atoms with van der Waals surface area (Å²) in [6, 6.07) is 11.0. The van der Waals surface area contributed by atoms with Crippen molar-refractivity contribution in [2.45, 2.75) is 39.8 Å². The van der Waals surface area contributed by atoms with Crippen molar-refractivity contribution < 1.29 is 23.8 Å². The van der Waals surface area contributed by atoms with Gasteiger partial charge in [0.25, 0.3) is 0 Å². The van der Waals surface area contributed by atoms with Gasteiger partial charge in [0, 0.05) is 18.3 Å². The normalized spacial score (nSPS) is 10.8. The van der Waals surface area contributed by atoms with Crippen LogP contribution < -0.4 is 10.1 Å². The Labute approximate surface area is 158 Å². The number of benzene rings is 1. The first-order valence-electron chi connectivity index (χ1n) is 8.65. The number of nitrogens with one attached hydrogen (secondary N) is 1. The lowest BCUT2D eigenvalue weighted by atomic mass is 10.0. The van der Waals surface area contributed by atoms with E-state index in [1.807, 2.05) is 24.3 Å². The van der Waals surface area contributed by atoms with Crippen LogP contribution in [0.15, 0.2) is 42.6 Å². The van der Waals surface area contributed by atoms with Gasteiger partial charge < -0.3 is 19.5 Å². The summed E-state index contributed by atoms with van der Waals surface area (Å²) in [5.74, 6) is 0.140. The molecule has 0 atom stereocenters. The first-order chi connectivity index (χ1) is 12.8. The predicted octanol–water partition coefficient (Wildman–Crippen LogP) is 4.31. The molecule has 1 aromatic carbocycles. The Morgan fingerprint density at radius 1 is 1.07 bits per heavy atom. The lowest BCUT2D eigenvalue weighted by molar-refractivity contribution is 0.0523. The molecule has 27 heavy (non-hydrogen) atoms. The van der Waals surface area contributed by atoms with Crippen LogP contribution >= 0.6 is 0 Å². The van der Waals surface area contributed by atoms with Gasteiger partial charge in [-0.3, -0.25) is 0 Å². The molecule has 7 heteroatoms. The summed E-state index contributed by atoms with van der Waals surface area (Å²) in [5.41, 5.74) is 1.64. The van der Waals surface area contributed by atoms with Crippen molar-refractivity contribution in [3.8, 4) is 17.0 Å². The summed E-state index contributed by atoms with van der Waals surface area (Å²) in [6.45, 7) is 7.55. The monoisotopic (exact) mass is 372 g/mol. The van der Waals surface area contributed by atoms with Crippen molar-refractivity contribution in [1.29, 1.82) is 0 Å². The maximum absolute atomic E-state index is 11.9. The van der Waals surface area contributed by atoms with Crippen LogP contribution in [-0.4, -0.2) is 29.4 Å². The molecule has 2 rings (SSSR count). The van der Waals surface area contributed by atoms with E-state index in [4.69, 9.17) is 14.2 Å². The van der Waals surface area contributed by atoms with Crippen molar-refractivity contribution in [1.82, 2.24) is 10.3 Å². The number of pyridine rings is 1. The molecule has 0 aliphatic heterocycles. The quantitative estimate of drug-likeness (QED) is 0.787. The van der Waals surface area contributed by atoms with Crippen molar-refractivity contribution in [2.24, 2.45) is 0 Å². The average molecular weight is 372 g/mol. The fourth-order valence-corrected chi connectivity index (χ4v) is 2.32. The van der Waals surface area contributed by atoms with Crippen molar-refractivity contribution in [3.63, 3.8) is 0 Å². The highest BCUT2D eigenvalue weighted by molar-refractivity contribution is 5.75. The van der Waals surface area contributed by atoms with Gasteiger partial charge in [-0.05, 0) is 51.0 Å². The Morgan fingerprint density at radius 2 is 1.78 bits per heavy atom. The van der Waals surface area contributed by atoms with Gasteiger partial charge >= 0.3 is 12.2 Å². The molecule has 0 bridgehead atoms. The number of hydrogen-bond acceptors (Lipinski definition) is 6. The van der Waals surface area contributed by atoms with Gasteiger partial charge in [0.2, 0.25) is 5.88 Å². The third-order valence-corrected chi connectivity index (χ3v) is 3.34. The number of carbonyl (C=O) groups excluding carboxylic acids is 2. The van der Waals surface area contributed by atoms with E-state index < -0.39 is 17.8 Å². The Bertz CT molecular complexity index is 799. The van der Waals surface area contributed by atoms with Crippen LogP contribution in [0.3, 0.4) is 0 Å². The SMILES string of the molecule is CCOC(=O)Oc1ncccc1-c1ccccc1CNC(=O)OC(C)(C)C. The lowest BCUT2D eigenvalue weighted by Gasteiger charge is -2.20. The number of aromatic nitrogens is 1. The van der Waals surface area contributed by atoms with E-state index in [2.05, 4.69) is 10.3 Å². The molecule has 1 amide bonds. The highest BCUT2D eigenvalue weighted by Crippen LogP contribution is 2.31.